The van der Waals surface area contributed by atoms with Crippen LogP contribution in [0, 0.1) is 0 Å². The molecule has 3 nitrogen and oxygen atoms in total. The highest BCUT2D eigenvalue weighted by Crippen LogP contribution is 2.38. The molecule has 0 aliphatic heterocycles. The summed E-state index contributed by atoms with van der Waals surface area (Å²) >= 11 is 1.54. The van der Waals surface area contributed by atoms with Gasteiger partial charge in [-0.2, -0.15) is 0 Å². The van der Waals surface area contributed by atoms with Crippen LogP contribution in [0.3, 0.4) is 0 Å². The molecule has 132 valence electrons. The molecular formula is C22H21NO2S. The van der Waals surface area contributed by atoms with E-state index in [0.29, 0.717) is 5.56 Å². The summed E-state index contributed by atoms with van der Waals surface area (Å²) in [6, 6.07) is 21.4. The zero-order valence-electron chi connectivity index (χ0n) is 15.1. The Balaban J connectivity index is 2.10. The van der Waals surface area contributed by atoms with Crippen LogP contribution in [0.5, 0.6) is 0 Å². The Hall–Kier alpha value is -2.59. The Morgan fingerprint density at radius 3 is 2.31 bits per heavy atom. The van der Waals surface area contributed by atoms with Crippen molar-refractivity contribution in [2.45, 2.75) is 36.3 Å². The molecule has 0 atom stereocenters. The fourth-order valence-electron chi connectivity index (χ4n) is 2.54. The van der Waals surface area contributed by atoms with Crippen LogP contribution < -0.4 is 0 Å². The molecule has 0 saturated heterocycles. The van der Waals surface area contributed by atoms with Crippen molar-refractivity contribution in [2.75, 3.05) is 0 Å². The van der Waals surface area contributed by atoms with Gasteiger partial charge in [-0.15, -0.1) is 0 Å². The van der Waals surface area contributed by atoms with Crippen LogP contribution in [0.25, 0.3) is 11.1 Å². The summed E-state index contributed by atoms with van der Waals surface area (Å²) < 4.78 is 5.63. The summed E-state index contributed by atoms with van der Waals surface area (Å²) in [5, 5.41) is 0.881. The second-order valence-electron chi connectivity index (χ2n) is 6.82. The average Bonchev–Trinajstić information content (AvgIpc) is 2.62. The number of carbonyl (C=O) groups is 1. The number of pyridine rings is 1. The SMILES string of the molecule is CC(C)(C)OC(=O)c1cccc(Sc2ccccn2)c1-c1ccccc1. The number of aromatic nitrogens is 1. The predicted octanol–water partition coefficient (Wildman–Crippen LogP) is 5.86. The topological polar surface area (TPSA) is 39.2 Å². The summed E-state index contributed by atoms with van der Waals surface area (Å²) in [6.07, 6.45) is 1.77. The Labute approximate surface area is 158 Å². The lowest BCUT2D eigenvalue weighted by molar-refractivity contribution is 0.00702. The monoisotopic (exact) mass is 363 g/mol. The Bertz CT molecular complexity index is 887. The smallest absolute Gasteiger partial charge is 0.339 e. The third-order valence-electron chi connectivity index (χ3n) is 3.56. The van der Waals surface area contributed by atoms with Crippen LogP contribution in [0.15, 0.2) is 82.8 Å². The van der Waals surface area contributed by atoms with Gasteiger partial charge in [-0.1, -0.05) is 54.2 Å². The third-order valence-corrected chi connectivity index (χ3v) is 4.57. The van der Waals surface area contributed by atoms with Crippen molar-refractivity contribution in [1.82, 2.24) is 4.98 Å². The minimum atomic E-state index is -0.546. The van der Waals surface area contributed by atoms with Gasteiger partial charge in [0, 0.05) is 16.7 Å². The van der Waals surface area contributed by atoms with Crippen LogP contribution in [-0.2, 0) is 4.74 Å². The van der Waals surface area contributed by atoms with Gasteiger partial charge in [-0.3, -0.25) is 0 Å². The number of benzene rings is 2. The molecule has 1 heterocycles. The molecule has 26 heavy (non-hydrogen) atoms. The van der Waals surface area contributed by atoms with Crippen LogP contribution in [0.4, 0.5) is 0 Å². The van der Waals surface area contributed by atoms with E-state index in [1.165, 1.54) is 11.8 Å². The predicted molar refractivity (Wildman–Crippen MR) is 105 cm³/mol. The van der Waals surface area contributed by atoms with Crippen molar-refractivity contribution in [2.24, 2.45) is 0 Å². The fraction of sp³-hybridized carbons (Fsp3) is 0.182. The van der Waals surface area contributed by atoms with Gasteiger partial charge in [-0.05, 0) is 50.6 Å². The first-order valence-electron chi connectivity index (χ1n) is 8.45. The molecule has 0 aliphatic carbocycles. The van der Waals surface area contributed by atoms with Gasteiger partial charge in [0.05, 0.1) is 5.56 Å². The van der Waals surface area contributed by atoms with Crippen LogP contribution in [-0.4, -0.2) is 16.6 Å². The number of ether oxygens (including phenoxy) is 1. The normalized spacial score (nSPS) is 11.2. The maximum atomic E-state index is 12.8. The first kappa shape index (κ1) is 18.2. The lowest BCUT2D eigenvalue weighted by Gasteiger charge is -2.21. The molecule has 0 fully saturated rings. The van der Waals surface area contributed by atoms with Gasteiger partial charge < -0.3 is 4.74 Å². The summed E-state index contributed by atoms with van der Waals surface area (Å²) in [7, 11) is 0. The molecule has 0 N–H and O–H groups in total. The molecule has 0 aliphatic rings. The van der Waals surface area contributed by atoms with Crippen molar-refractivity contribution in [3.05, 3.63) is 78.5 Å². The number of hydrogen-bond acceptors (Lipinski definition) is 4. The largest absolute Gasteiger partial charge is 0.456 e. The Kier molecular flexibility index (Phi) is 5.43. The van der Waals surface area contributed by atoms with E-state index in [-0.39, 0.29) is 5.97 Å². The molecule has 0 radical (unpaired) electrons. The number of rotatable bonds is 4. The number of hydrogen-bond donors (Lipinski definition) is 0. The van der Waals surface area contributed by atoms with E-state index >= 15 is 0 Å². The van der Waals surface area contributed by atoms with Gasteiger partial charge in [0.15, 0.2) is 0 Å². The molecule has 0 amide bonds. The van der Waals surface area contributed by atoms with E-state index in [1.807, 2.05) is 87.5 Å². The summed E-state index contributed by atoms with van der Waals surface area (Å²) in [6.45, 7) is 5.62. The Morgan fingerprint density at radius 1 is 0.923 bits per heavy atom. The maximum absolute atomic E-state index is 12.8. The van der Waals surface area contributed by atoms with E-state index in [1.54, 1.807) is 6.20 Å². The average molecular weight is 363 g/mol. The Morgan fingerprint density at radius 2 is 1.65 bits per heavy atom. The van der Waals surface area contributed by atoms with Crippen molar-refractivity contribution >= 4 is 17.7 Å². The molecule has 0 saturated carbocycles. The summed E-state index contributed by atoms with van der Waals surface area (Å²) in [5.41, 5.74) is 1.87. The molecule has 3 rings (SSSR count). The quantitative estimate of drug-likeness (QED) is 0.545. The molecule has 1 aromatic heterocycles. The highest BCUT2D eigenvalue weighted by molar-refractivity contribution is 7.99. The zero-order chi connectivity index (χ0) is 18.6. The third kappa shape index (κ3) is 4.52. The molecule has 3 aromatic rings. The number of carbonyl (C=O) groups excluding carboxylic acids is 1. The first-order chi connectivity index (χ1) is 12.4. The van der Waals surface area contributed by atoms with Crippen molar-refractivity contribution < 1.29 is 9.53 Å². The zero-order valence-corrected chi connectivity index (χ0v) is 15.9. The van der Waals surface area contributed by atoms with Gasteiger partial charge in [0.25, 0.3) is 0 Å². The molecule has 0 bridgehead atoms. The summed E-state index contributed by atoms with van der Waals surface area (Å²) in [4.78, 5) is 18.2. The summed E-state index contributed by atoms with van der Waals surface area (Å²) in [5.74, 6) is -0.320. The van der Waals surface area contributed by atoms with Crippen LogP contribution >= 0.6 is 11.8 Å². The highest BCUT2D eigenvalue weighted by atomic mass is 32.2. The van der Waals surface area contributed by atoms with Crippen molar-refractivity contribution in [1.29, 1.82) is 0 Å². The second-order valence-corrected chi connectivity index (χ2v) is 7.88. The van der Waals surface area contributed by atoms with Gasteiger partial charge in [0.2, 0.25) is 0 Å². The molecule has 4 heteroatoms. The van der Waals surface area contributed by atoms with E-state index in [4.69, 9.17) is 4.74 Å². The van der Waals surface area contributed by atoms with Gasteiger partial charge >= 0.3 is 5.97 Å². The molecule has 0 unspecified atom stereocenters. The lowest BCUT2D eigenvalue weighted by atomic mass is 9.99. The van der Waals surface area contributed by atoms with Gasteiger partial charge in [-0.25, -0.2) is 9.78 Å². The molecular weight excluding hydrogens is 342 g/mol. The van der Waals surface area contributed by atoms with Crippen molar-refractivity contribution in [3.63, 3.8) is 0 Å². The van der Waals surface area contributed by atoms with Crippen molar-refractivity contribution in [3.8, 4) is 11.1 Å². The van der Waals surface area contributed by atoms with E-state index < -0.39 is 5.60 Å². The molecule has 2 aromatic carbocycles. The van der Waals surface area contributed by atoms with Crippen LogP contribution in [0.1, 0.15) is 31.1 Å². The first-order valence-corrected chi connectivity index (χ1v) is 9.26. The lowest BCUT2D eigenvalue weighted by Crippen LogP contribution is -2.24. The minimum absolute atomic E-state index is 0.320. The molecule has 0 spiro atoms. The minimum Gasteiger partial charge on any atom is -0.456 e. The second kappa shape index (κ2) is 7.75. The fourth-order valence-corrected chi connectivity index (χ4v) is 3.50. The van der Waals surface area contributed by atoms with E-state index in [0.717, 1.165) is 21.0 Å². The van der Waals surface area contributed by atoms with Crippen LogP contribution in [0.2, 0.25) is 0 Å². The highest BCUT2D eigenvalue weighted by Gasteiger charge is 2.23. The maximum Gasteiger partial charge on any atom is 0.339 e. The van der Waals surface area contributed by atoms with E-state index in [9.17, 15) is 4.79 Å². The van der Waals surface area contributed by atoms with Gasteiger partial charge in [0.1, 0.15) is 10.6 Å². The number of esters is 1. The standard InChI is InChI=1S/C22H21NO2S/c1-22(2,3)25-21(24)17-12-9-13-18(26-19-14-7-8-15-23-19)20(17)16-10-5-4-6-11-16/h4-15H,1-3H3. The number of nitrogens with zero attached hydrogens (tertiary/aromatic N) is 1. The van der Waals surface area contributed by atoms with E-state index in [2.05, 4.69) is 4.98 Å².